The Kier molecular flexibility index (Phi) is 4.66. The Balaban J connectivity index is 0.952. The van der Waals surface area contributed by atoms with Gasteiger partial charge in [-0.1, -0.05) is 11.3 Å². The van der Waals surface area contributed by atoms with Crippen molar-refractivity contribution in [3.8, 4) is 0 Å². The summed E-state index contributed by atoms with van der Waals surface area (Å²) in [6.45, 7) is 7.63. The Bertz CT molecular complexity index is 1480. The Morgan fingerprint density at radius 2 is 1.89 bits per heavy atom. The smallest absolute Gasteiger partial charge is 0.253 e. The van der Waals surface area contributed by atoms with Crippen molar-refractivity contribution in [2.75, 3.05) is 18.4 Å². The van der Waals surface area contributed by atoms with Crippen molar-refractivity contribution in [2.45, 2.75) is 45.8 Å². The molecule has 7 rings (SSSR count). The monoisotopic (exact) mass is 480 g/mol. The molecule has 4 heterocycles. The second-order valence-electron chi connectivity index (χ2n) is 10.8. The second-order valence-corrected chi connectivity index (χ2v) is 10.8. The van der Waals surface area contributed by atoms with Gasteiger partial charge in [-0.25, -0.2) is 9.97 Å². The van der Waals surface area contributed by atoms with Crippen LogP contribution in [0, 0.1) is 19.3 Å². The molecule has 0 bridgehead atoms. The van der Waals surface area contributed by atoms with Crippen LogP contribution in [0.2, 0.25) is 0 Å². The van der Waals surface area contributed by atoms with E-state index in [1.54, 1.807) is 0 Å². The number of nitrogens with one attached hydrogen (secondary N) is 2. The van der Waals surface area contributed by atoms with Crippen molar-refractivity contribution in [2.24, 2.45) is 5.41 Å². The second kappa shape index (κ2) is 7.83. The highest BCUT2D eigenvalue weighted by Crippen LogP contribution is 2.51. The Morgan fingerprint density at radius 3 is 2.69 bits per heavy atom. The maximum Gasteiger partial charge on any atom is 0.253 e. The standard InChI is InChI=1S/C27H28N8O/c1-16-5-17(2)7-20(6-16)29-26-28-11-19-12-34(13-24(19)30-26)21-9-27(10-21)14-35(15-27)25(36)18-3-4-22-23(8-18)32-33-31-22/h3-8,11,21H,9-10,12-15H2,1-2H3,(H,28,29,30)(H,31,32,33). The van der Waals surface area contributed by atoms with Crippen LogP contribution >= 0.6 is 0 Å². The number of benzene rings is 2. The average Bonchev–Trinajstić information content (AvgIpc) is 3.42. The molecule has 1 spiro atoms. The van der Waals surface area contributed by atoms with Gasteiger partial charge in [0.05, 0.1) is 11.2 Å². The van der Waals surface area contributed by atoms with Gasteiger partial charge in [-0.2, -0.15) is 0 Å². The van der Waals surface area contributed by atoms with Crippen LogP contribution in [0.4, 0.5) is 11.6 Å². The number of aryl methyl sites for hydroxylation is 2. The summed E-state index contributed by atoms with van der Waals surface area (Å²) < 4.78 is 0. The number of aromatic amines is 1. The largest absolute Gasteiger partial charge is 0.337 e. The lowest BCUT2D eigenvalue weighted by molar-refractivity contribution is -0.0945. The summed E-state index contributed by atoms with van der Waals surface area (Å²) in [5.74, 6) is 0.740. The molecule has 2 aromatic carbocycles. The average molecular weight is 481 g/mol. The first kappa shape index (κ1) is 21.4. The van der Waals surface area contributed by atoms with Crippen molar-refractivity contribution >= 4 is 28.6 Å². The molecule has 2 N–H and O–H groups in total. The van der Waals surface area contributed by atoms with Crippen molar-refractivity contribution in [3.63, 3.8) is 0 Å². The summed E-state index contributed by atoms with van der Waals surface area (Å²) in [4.78, 5) is 26.8. The first-order valence-corrected chi connectivity index (χ1v) is 12.5. The number of carbonyl (C=O) groups is 1. The fraction of sp³-hybridized carbons (Fsp3) is 0.370. The van der Waals surface area contributed by atoms with Crippen LogP contribution in [0.25, 0.3) is 11.0 Å². The number of fused-ring (bicyclic) bond motifs is 2. The molecule has 1 saturated heterocycles. The molecule has 3 aliphatic rings. The highest BCUT2D eigenvalue weighted by molar-refractivity contribution is 5.97. The Labute approximate surface area is 208 Å². The van der Waals surface area contributed by atoms with Gasteiger partial charge in [0.25, 0.3) is 5.91 Å². The third-order valence-electron chi connectivity index (χ3n) is 7.92. The molecule has 0 radical (unpaired) electrons. The predicted molar refractivity (Wildman–Crippen MR) is 136 cm³/mol. The Hall–Kier alpha value is -3.85. The molecule has 1 saturated carbocycles. The third kappa shape index (κ3) is 3.62. The molecule has 4 aromatic rings. The summed E-state index contributed by atoms with van der Waals surface area (Å²) in [6, 6.07) is 12.5. The van der Waals surface area contributed by atoms with E-state index in [1.807, 2.05) is 29.3 Å². The number of hydrogen-bond acceptors (Lipinski definition) is 7. The van der Waals surface area contributed by atoms with Gasteiger partial charge in [0, 0.05) is 60.6 Å². The molecular weight excluding hydrogens is 452 g/mol. The van der Waals surface area contributed by atoms with Gasteiger partial charge in [-0.15, -0.1) is 5.10 Å². The van der Waals surface area contributed by atoms with Crippen molar-refractivity contribution in [3.05, 3.63) is 70.5 Å². The summed E-state index contributed by atoms with van der Waals surface area (Å²) in [7, 11) is 0. The number of anilines is 2. The minimum absolute atomic E-state index is 0.0849. The van der Waals surface area contributed by atoms with E-state index in [4.69, 9.17) is 4.98 Å². The lowest BCUT2D eigenvalue weighted by atomic mass is 9.60. The van der Waals surface area contributed by atoms with Crippen LogP contribution in [0.15, 0.2) is 42.6 Å². The number of carbonyl (C=O) groups excluding carboxylic acids is 1. The molecule has 1 aliphatic carbocycles. The van der Waals surface area contributed by atoms with E-state index >= 15 is 0 Å². The maximum absolute atomic E-state index is 12.9. The number of amides is 1. The zero-order valence-electron chi connectivity index (χ0n) is 20.5. The van der Waals surface area contributed by atoms with E-state index in [-0.39, 0.29) is 11.3 Å². The molecule has 2 aromatic heterocycles. The van der Waals surface area contributed by atoms with Crippen molar-refractivity contribution in [1.29, 1.82) is 0 Å². The molecule has 0 unspecified atom stereocenters. The van der Waals surface area contributed by atoms with Crippen LogP contribution in [0.3, 0.4) is 0 Å². The van der Waals surface area contributed by atoms with Gasteiger partial charge in [-0.05, 0) is 68.1 Å². The molecule has 9 nitrogen and oxygen atoms in total. The molecule has 1 amide bonds. The van der Waals surface area contributed by atoms with Crippen LogP contribution < -0.4 is 5.32 Å². The van der Waals surface area contributed by atoms with Gasteiger partial charge in [0.1, 0.15) is 5.52 Å². The highest BCUT2D eigenvalue weighted by Gasteiger charge is 2.55. The van der Waals surface area contributed by atoms with E-state index in [9.17, 15) is 4.79 Å². The molecule has 9 heteroatoms. The van der Waals surface area contributed by atoms with E-state index in [0.717, 1.165) is 61.4 Å². The van der Waals surface area contributed by atoms with Gasteiger partial charge in [0.15, 0.2) is 0 Å². The minimum Gasteiger partial charge on any atom is -0.337 e. The predicted octanol–water partition coefficient (Wildman–Crippen LogP) is 3.73. The number of rotatable bonds is 4. The summed E-state index contributed by atoms with van der Waals surface area (Å²) in [5, 5.41) is 14.0. The highest BCUT2D eigenvalue weighted by atomic mass is 16.2. The molecule has 2 aliphatic heterocycles. The summed E-state index contributed by atoms with van der Waals surface area (Å²) >= 11 is 0. The summed E-state index contributed by atoms with van der Waals surface area (Å²) in [6.07, 6.45) is 4.24. The van der Waals surface area contributed by atoms with Crippen LogP contribution in [0.1, 0.15) is 45.6 Å². The third-order valence-corrected chi connectivity index (χ3v) is 7.92. The van der Waals surface area contributed by atoms with Crippen LogP contribution in [-0.2, 0) is 13.1 Å². The van der Waals surface area contributed by atoms with Gasteiger partial charge in [-0.3, -0.25) is 14.8 Å². The molecule has 2 fully saturated rings. The molecular formula is C27H28N8O. The molecule has 36 heavy (non-hydrogen) atoms. The molecule has 0 atom stereocenters. The lowest BCUT2D eigenvalue weighted by Gasteiger charge is -2.60. The van der Waals surface area contributed by atoms with Gasteiger partial charge in [0.2, 0.25) is 5.95 Å². The van der Waals surface area contributed by atoms with Gasteiger partial charge < -0.3 is 10.2 Å². The van der Waals surface area contributed by atoms with E-state index in [1.165, 1.54) is 16.7 Å². The molecule has 182 valence electrons. The minimum atomic E-state index is 0.0849. The van der Waals surface area contributed by atoms with Crippen molar-refractivity contribution in [1.82, 2.24) is 35.2 Å². The van der Waals surface area contributed by atoms with Crippen molar-refractivity contribution < 1.29 is 4.79 Å². The fourth-order valence-corrected chi connectivity index (χ4v) is 6.19. The van der Waals surface area contributed by atoms with E-state index in [0.29, 0.717) is 17.6 Å². The van der Waals surface area contributed by atoms with Gasteiger partial charge >= 0.3 is 0 Å². The SMILES string of the molecule is Cc1cc(C)cc(Nc2ncc3c(n2)CN(C2CC4(C2)CN(C(=O)c2ccc5[nH]nnc5c2)C4)C3)c1. The quantitative estimate of drug-likeness (QED) is 0.459. The first-order valence-electron chi connectivity index (χ1n) is 12.5. The number of nitrogens with zero attached hydrogens (tertiary/aromatic N) is 6. The Morgan fingerprint density at radius 1 is 1.08 bits per heavy atom. The first-order chi connectivity index (χ1) is 17.4. The number of hydrogen-bond donors (Lipinski definition) is 2. The fourth-order valence-electron chi connectivity index (χ4n) is 6.19. The number of likely N-dealkylation sites (tertiary alicyclic amines) is 1. The number of H-pyrrole nitrogens is 1. The lowest BCUT2D eigenvalue weighted by Crippen LogP contribution is -2.67. The zero-order valence-corrected chi connectivity index (χ0v) is 20.5. The maximum atomic E-state index is 12.9. The van der Waals surface area contributed by atoms with E-state index in [2.05, 4.69) is 62.7 Å². The normalized spacial score (nSPS) is 18.8. The number of aromatic nitrogens is 5. The van der Waals surface area contributed by atoms with Crippen LogP contribution in [0.5, 0.6) is 0 Å². The zero-order chi connectivity index (χ0) is 24.4. The topological polar surface area (TPSA) is 103 Å². The van der Waals surface area contributed by atoms with Crippen LogP contribution in [-0.4, -0.2) is 60.2 Å². The van der Waals surface area contributed by atoms with E-state index < -0.39 is 0 Å². The summed E-state index contributed by atoms with van der Waals surface area (Å²) in [5.41, 5.74) is 8.32.